The fourth-order valence-electron chi connectivity index (χ4n) is 1.74. The molecule has 0 heterocycles. The van der Waals surface area contributed by atoms with Crippen molar-refractivity contribution in [2.45, 2.75) is 45.2 Å². The van der Waals surface area contributed by atoms with E-state index in [1.54, 1.807) is 6.92 Å². The van der Waals surface area contributed by atoms with Gasteiger partial charge in [-0.25, -0.2) is 8.78 Å². The van der Waals surface area contributed by atoms with Crippen LogP contribution in [0.5, 0.6) is 0 Å². The number of halogens is 2. The van der Waals surface area contributed by atoms with E-state index in [0.29, 0.717) is 12.0 Å². The van der Waals surface area contributed by atoms with Crippen molar-refractivity contribution in [3.8, 4) is 0 Å². The van der Waals surface area contributed by atoms with Crippen LogP contribution >= 0.6 is 0 Å². The molecule has 0 saturated heterocycles. The minimum absolute atomic E-state index is 0.273. The molecule has 0 radical (unpaired) electrons. The van der Waals surface area contributed by atoms with Crippen molar-refractivity contribution >= 4 is 5.91 Å². The predicted octanol–water partition coefficient (Wildman–Crippen LogP) is 2.66. The van der Waals surface area contributed by atoms with Gasteiger partial charge in [0.1, 0.15) is 0 Å². The van der Waals surface area contributed by atoms with Gasteiger partial charge in [-0.1, -0.05) is 25.8 Å². The fraction of sp³-hybridized carbons (Fsp3) is 0.500. The summed E-state index contributed by atoms with van der Waals surface area (Å²) in [5.74, 6) is -2.10. The maximum Gasteiger partial charge on any atom is 0.237 e. The second kappa shape index (κ2) is 7.19. The molecule has 3 N–H and O–H groups in total. The molecule has 19 heavy (non-hydrogen) atoms. The lowest BCUT2D eigenvalue weighted by Gasteiger charge is -2.18. The van der Waals surface area contributed by atoms with Crippen molar-refractivity contribution in [2.24, 2.45) is 5.73 Å². The van der Waals surface area contributed by atoms with Gasteiger partial charge in [0.15, 0.2) is 11.6 Å². The predicted molar refractivity (Wildman–Crippen MR) is 70.4 cm³/mol. The molecular formula is C14H20F2N2O. The van der Waals surface area contributed by atoms with Gasteiger partial charge in [-0.3, -0.25) is 4.79 Å². The van der Waals surface area contributed by atoms with Crippen molar-refractivity contribution in [3.05, 3.63) is 35.4 Å². The summed E-state index contributed by atoms with van der Waals surface area (Å²) in [6.45, 7) is 3.73. The average Bonchev–Trinajstić information content (AvgIpc) is 2.38. The molecule has 2 atom stereocenters. The number of benzene rings is 1. The van der Waals surface area contributed by atoms with Crippen LogP contribution in [0.15, 0.2) is 18.2 Å². The third-order valence-corrected chi connectivity index (χ3v) is 3.01. The molecule has 0 aliphatic heterocycles. The number of unbranched alkanes of at least 4 members (excludes halogenated alkanes) is 1. The van der Waals surface area contributed by atoms with E-state index in [-0.39, 0.29) is 5.91 Å². The number of carbonyl (C=O) groups excluding carboxylic acids is 1. The number of nitrogens with two attached hydrogens (primary N) is 1. The Morgan fingerprint density at radius 1 is 1.37 bits per heavy atom. The minimum Gasteiger partial charge on any atom is -0.348 e. The van der Waals surface area contributed by atoms with E-state index in [2.05, 4.69) is 5.32 Å². The van der Waals surface area contributed by atoms with Gasteiger partial charge in [-0.15, -0.1) is 0 Å². The zero-order valence-corrected chi connectivity index (χ0v) is 11.2. The lowest BCUT2D eigenvalue weighted by atomic mass is 10.1. The summed E-state index contributed by atoms with van der Waals surface area (Å²) in [5.41, 5.74) is 6.25. The Balaban J connectivity index is 2.60. The van der Waals surface area contributed by atoms with E-state index < -0.39 is 23.7 Å². The normalized spacial score (nSPS) is 13.9. The van der Waals surface area contributed by atoms with E-state index in [1.807, 2.05) is 6.92 Å². The topological polar surface area (TPSA) is 55.1 Å². The highest BCUT2D eigenvalue weighted by molar-refractivity contribution is 5.81. The molecule has 1 aromatic carbocycles. The lowest BCUT2D eigenvalue weighted by molar-refractivity contribution is -0.123. The third kappa shape index (κ3) is 4.59. The smallest absolute Gasteiger partial charge is 0.237 e. The van der Waals surface area contributed by atoms with Crippen molar-refractivity contribution in [3.63, 3.8) is 0 Å². The van der Waals surface area contributed by atoms with Crippen molar-refractivity contribution in [2.75, 3.05) is 0 Å². The highest BCUT2D eigenvalue weighted by Gasteiger charge is 2.16. The summed E-state index contributed by atoms with van der Waals surface area (Å²) >= 11 is 0. The summed E-state index contributed by atoms with van der Waals surface area (Å²) < 4.78 is 25.9. The quantitative estimate of drug-likeness (QED) is 0.835. The standard InChI is InChI=1S/C14H20F2N2O/c1-3-4-5-13(17)14(19)18-9(2)10-6-7-11(15)12(16)8-10/h6-9,13H,3-5,17H2,1-2H3,(H,18,19)/t9?,13-/m0/s1. The van der Waals surface area contributed by atoms with E-state index in [9.17, 15) is 13.6 Å². The molecule has 1 amide bonds. The van der Waals surface area contributed by atoms with Crippen LogP contribution in [-0.2, 0) is 4.79 Å². The Kier molecular flexibility index (Phi) is 5.89. The largest absolute Gasteiger partial charge is 0.348 e. The molecule has 0 fully saturated rings. The van der Waals surface area contributed by atoms with Gasteiger partial charge in [-0.2, -0.15) is 0 Å². The third-order valence-electron chi connectivity index (χ3n) is 3.01. The van der Waals surface area contributed by atoms with E-state index in [0.717, 1.165) is 25.0 Å². The van der Waals surface area contributed by atoms with Crippen LogP contribution < -0.4 is 11.1 Å². The zero-order chi connectivity index (χ0) is 14.4. The maximum absolute atomic E-state index is 13.1. The Labute approximate surface area is 112 Å². The van der Waals surface area contributed by atoms with Crippen molar-refractivity contribution < 1.29 is 13.6 Å². The summed E-state index contributed by atoms with van der Waals surface area (Å²) in [6, 6.07) is 2.60. The molecule has 0 aliphatic carbocycles. The molecule has 106 valence electrons. The van der Waals surface area contributed by atoms with Crippen LogP contribution in [0.2, 0.25) is 0 Å². The molecule has 1 aromatic rings. The van der Waals surface area contributed by atoms with E-state index in [1.165, 1.54) is 6.07 Å². The molecule has 0 aliphatic rings. The molecule has 0 spiro atoms. The molecule has 0 aromatic heterocycles. The monoisotopic (exact) mass is 270 g/mol. The van der Waals surface area contributed by atoms with Gasteiger partial charge in [0.25, 0.3) is 0 Å². The summed E-state index contributed by atoms with van der Waals surface area (Å²) in [7, 11) is 0. The van der Waals surface area contributed by atoms with Gasteiger partial charge in [0.05, 0.1) is 12.1 Å². The van der Waals surface area contributed by atoms with Crippen LogP contribution in [0.25, 0.3) is 0 Å². The first-order valence-corrected chi connectivity index (χ1v) is 6.46. The van der Waals surface area contributed by atoms with Gasteiger partial charge < -0.3 is 11.1 Å². The Morgan fingerprint density at radius 3 is 2.63 bits per heavy atom. The molecule has 1 unspecified atom stereocenters. The van der Waals surface area contributed by atoms with Gasteiger partial charge >= 0.3 is 0 Å². The summed E-state index contributed by atoms with van der Waals surface area (Å²) in [4.78, 5) is 11.8. The first kappa shape index (κ1) is 15.6. The number of carbonyl (C=O) groups is 1. The SMILES string of the molecule is CCCC[C@H](N)C(=O)NC(C)c1ccc(F)c(F)c1. The number of hydrogen-bond donors (Lipinski definition) is 2. The second-order valence-electron chi connectivity index (χ2n) is 4.65. The Bertz CT molecular complexity index is 437. The first-order chi connectivity index (χ1) is 8.95. The van der Waals surface area contributed by atoms with Crippen LogP contribution in [-0.4, -0.2) is 11.9 Å². The number of amides is 1. The number of nitrogens with one attached hydrogen (secondary N) is 1. The zero-order valence-electron chi connectivity index (χ0n) is 11.2. The highest BCUT2D eigenvalue weighted by atomic mass is 19.2. The molecule has 0 saturated carbocycles. The number of rotatable bonds is 6. The average molecular weight is 270 g/mol. The number of hydrogen-bond acceptors (Lipinski definition) is 2. The summed E-state index contributed by atoms with van der Waals surface area (Å²) in [5, 5.41) is 2.70. The van der Waals surface area contributed by atoms with E-state index in [4.69, 9.17) is 5.73 Å². The van der Waals surface area contributed by atoms with Crippen molar-refractivity contribution in [1.82, 2.24) is 5.32 Å². The second-order valence-corrected chi connectivity index (χ2v) is 4.65. The van der Waals surface area contributed by atoms with Gasteiger partial charge in [0.2, 0.25) is 5.91 Å². The van der Waals surface area contributed by atoms with Crippen LogP contribution in [0.1, 0.15) is 44.7 Å². The van der Waals surface area contributed by atoms with Crippen LogP contribution in [0.3, 0.4) is 0 Å². The van der Waals surface area contributed by atoms with Gasteiger partial charge in [0, 0.05) is 0 Å². The highest BCUT2D eigenvalue weighted by Crippen LogP contribution is 2.16. The molecule has 0 bridgehead atoms. The van der Waals surface area contributed by atoms with Crippen LogP contribution in [0, 0.1) is 11.6 Å². The minimum atomic E-state index is -0.922. The molecular weight excluding hydrogens is 250 g/mol. The van der Waals surface area contributed by atoms with Crippen molar-refractivity contribution in [1.29, 1.82) is 0 Å². The molecule has 3 nitrogen and oxygen atoms in total. The lowest BCUT2D eigenvalue weighted by Crippen LogP contribution is -2.41. The Hall–Kier alpha value is -1.49. The molecule has 1 rings (SSSR count). The summed E-state index contributed by atoms with van der Waals surface area (Å²) in [6.07, 6.45) is 2.47. The van der Waals surface area contributed by atoms with Gasteiger partial charge in [-0.05, 0) is 31.0 Å². The van der Waals surface area contributed by atoms with E-state index >= 15 is 0 Å². The fourth-order valence-corrected chi connectivity index (χ4v) is 1.74. The first-order valence-electron chi connectivity index (χ1n) is 6.46. The maximum atomic E-state index is 13.1. The Morgan fingerprint density at radius 2 is 2.05 bits per heavy atom. The molecule has 5 heteroatoms. The van der Waals surface area contributed by atoms with Crippen LogP contribution in [0.4, 0.5) is 8.78 Å².